The molecule has 136 valence electrons. The van der Waals surface area contributed by atoms with Gasteiger partial charge in [-0.2, -0.15) is 0 Å². The molecule has 0 unspecified atom stereocenters. The number of fused-ring (bicyclic) bond motifs is 2. The van der Waals surface area contributed by atoms with Crippen LogP contribution in [0.3, 0.4) is 0 Å². The quantitative estimate of drug-likeness (QED) is 0.563. The van der Waals surface area contributed by atoms with E-state index >= 15 is 0 Å². The van der Waals surface area contributed by atoms with Crippen molar-refractivity contribution in [2.45, 2.75) is 12.8 Å². The zero-order valence-electron chi connectivity index (χ0n) is 13.8. The highest BCUT2D eigenvalue weighted by Crippen LogP contribution is 2.28. The van der Waals surface area contributed by atoms with E-state index in [1.807, 2.05) is 0 Å². The number of aryl methyl sites for hydroxylation is 1. The Labute approximate surface area is 154 Å². The second-order valence-corrected chi connectivity index (χ2v) is 6.86. The van der Waals surface area contributed by atoms with Crippen molar-refractivity contribution in [3.8, 4) is 0 Å². The van der Waals surface area contributed by atoms with Crippen LogP contribution >= 0.6 is 11.3 Å². The van der Waals surface area contributed by atoms with E-state index in [1.54, 1.807) is 24.3 Å². The van der Waals surface area contributed by atoms with E-state index in [4.69, 9.17) is 0 Å². The minimum Gasteiger partial charge on any atom is -0.310 e. The largest absolute Gasteiger partial charge is 0.310 e. The van der Waals surface area contributed by atoms with Crippen LogP contribution in [-0.4, -0.2) is 20.9 Å². The molecule has 4 rings (SSSR count). The zero-order chi connectivity index (χ0) is 19.0. The van der Waals surface area contributed by atoms with Gasteiger partial charge >= 0.3 is 0 Å². The van der Waals surface area contributed by atoms with Gasteiger partial charge in [0, 0.05) is 18.9 Å². The van der Waals surface area contributed by atoms with E-state index in [2.05, 4.69) is 20.3 Å². The molecule has 1 amide bonds. The summed E-state index contributed by atoms with van der Waals surface area (Å²) in [7, 11) is 0. The van der Waals surface area contributed by atoms with E-state index in [0.29, 0.717) is 21.4 Å². The summed E-state index contributed by atoms with van der Waals surface area (Å²) in [5, 5.41) is 3.22. The molecule has 4 aromatic rings. The molecule has 2 heterocycles. The lowest BCUT2D eigenvalue weighted by Gasteiger charge is -2.03. The van der Waals surface area contributed by atoms with Gasteiger partial charge in [0.1, 0.15) is 17.2 Å². The summed E-state index contributed by atoms with van der Waals surface area (Å²) in [5.41, 5.74) is 0.303. The number of carbonyl (C=O) groups excluding carboxylic acids is 1. The normalized spacial score (nSPS) is 11.2. The number of para-hydroxylation sites is 1. The topological polar surface area (TPSA) is 87.7 Å². The standard InChI is InChI=1S/C18H12F2N4O2S/c19-9-7-11(20)16-13(8-9)27-18(24-16)23-15(25)6-5-14-21-12-4-2-1-3-10(12)17(26)22-14/h1-4,7-8H,5-6H2,(H,21,22,26)(H,23,24,25). The molecular weight excluding hydrogens is 374 g/mol. The van der Waals surface area contributed by atoms with Crippen LogP contribution < -0.4 is 10.9 Å². The monoisotopic (exact) mass is 386 g/mol. The van der Waals surface area contributed by atoms with Gasteiger partial charge in [-0.1, -0.05) is 23.5 Å². The molecule has 0 aliphatic heterocycles. The predicted molar refractivity (Wildman–Crippen MR) is 98.9 cm³/mol. The van der Waals surface area contributed by atoms with Gasteiger partial charge in [0.2, 0.25) is 5.91 Å². The van der Waals surface area contributed by atoms with E-state index in [0.717, 1.165) is 23.5 Å². The fraction of sp³-hybridized carbons (Fsp3) is 0.111. The first kappa shape index (κ1) is 17.2. The van der Waals surface area contributed by atoms with Gasteiger partial charge in [-0.15, -0.1) is 0 Å². The summed E-state index contributed by atoms with van der Waals surface area (Å²) in [6, 6.07) is 8.83. The number of aromatic amines is 1. The number of hydrogen-bond acceptors (Lipinski definition) is 5. The highest BCUT2D eigenvalue weighted by molar-refractivity contribution is 7.22. The summed E-state index contributed by atoms with van der Waals surface area (Å²) in [4.78, 5) is 35.1. The number of benzene rings is 2. The molecule has 0 radical (unpaired) electrons. The molecule has 6 nitrogen and oxygen atoms in total. The lowest BCUT2D eigenvalue weighted by Crippen LogP contribution is -2.16. The first-order valence-electron chi connectivity index (χ1n) is 8.03. The third-order valence-corrected chi connectivity index (χ3v) is 4.83. The lowest BCUT2D eigenvalue weighted by molar-refractivity contribution is -0.116. The minimum absolute atomic E-state index is 0.0113. The smallest absolute Gasteiger partial charge is 0.258 e. The van der Waals surface area contributed by atoms with Crippen LogP contribution in [0.4, 0.5) is 13.9 Å². The lowest BCUT2D eigenvalue weighted by atomic mass is 10.2. The van der Waals surface area contributed by atoms with Crippen molar-refractivity contribution < 1.29 is 13.6 Å². The van der Waals surface area contributed by atoms with Crippen molar-refractivity contribution in [3.63, 3.8) is 0 Å². The van der Waals surface area contributed by atoms with Gasteiger partial charge < -0.3 is 10.3 Å². The number of aromatic nitrogens is 3. The summed E-state index contributed by atoms with van der Waals surface area (Å²) >= 11 is 0.983. The molecule has 0 saturated carbocycles. The van der Waals surface area contributed by atoms with Gasteiger partial charge in [-0.25, -0.2) is 18.7 Å². The van der Waals surface area contributed by atoms with E-state index in [-0.39, 0.29) is 35.0 Å². The number of amides is 1. The Kier molecular flexibility index (Phi) is 4.36. The number of nitrogens with zero attached hydrogens (tertiary/aromatic N) is 2. The Morgan fingerprint density at radius 1 is 1.19 bits per heavy atom. The van der Waals surface area contributed by atoms with E-state index < -0.39 is 11.6 Å². The SMILES string of the molecule is O=C(CCc1nc2ccccc2c(=O)[nH]1)Nc1nc2c(F)cc(F)cc2s1. The molecule has 0 aliphatic carbocycles. The Hall–Kier alpha value is -3.20. The average Bonchev–Trinajstić information content (AvgIpc) is 3.02. The zero-order valence-corrected chi connectivity index (χ0v) is 14.6. The minimum atomic E-state index is -0.778. The molecule has 2 aromatic carbocycles. The highest BCUT2D eigenvalue weighted by atomic mass is 32.1. The van der Waals surface area contributed by atoms with E-state index in [1.165, 1.54) is 0 Å². The number of H-pyrrole nitrogens is 1. The van der Waals surface area contributed by atoms with Crippen molar-refractivity contribution in [1.82, 2.24) is 15.0 Å². The summed E-state index contributed by atoms with van der Waals surface area (Å²) in [6.07, 6.45) is 0.272. The first-order chi connectivity index (χ1) is 13.0. The molecule has 0 fully saturated rings. The van der Waals surface area contributed by atoms with Crippen LogP contribution in [0.2, 0.25) is 0 Å². The maximum Gasteiger partial charge on any atom is 0.258 e. The van der Waals surface area contributed by atoms with Gasteiger partial charge in [-0.3, -0.25) is 9.59 Å². The molecule has 9 heteroatoms. The molecule has 0 spiro atoms. The Bertz CT molecular complexity index is 1240. The summed E-state index contributed by atoms with van der Waals surface area (Å²) < 4.78 is 27.2. The molecule has 0 aliphatic rings. The molecule has 0 atom stereocenters. The second-order valence-electron chi connectivity index (χ2n) is 5.83. The van der Waals surface area contributed by atoms with Crippen molar-refractivity contribution >= 4 is 43.5 Å². The van der Waals surface area contributed by atoms with Crippen LogP contribution in [0.1, 0.15) is 12.2 Å². The molecule has 2 N–H and O–H groups in total. The van der Waals surface area contributed by atoms with Crippen LogP contribution in [0, 0.1) is 11.6 Å². The number of nitrogens with one attached hydrogen (secondary N) is 2. The number of rotatable bonds is 4. The number of anilines is 1. The van der Waals surface area contributed by atoms with Crippen LogP contribution in [-0.2, 0) is 11.2 Å². The Balaban J connectivity index is 1.47. The summed E-state index contributed by atoms with van der Waals surface area (Å²) in [6.45, 7) is 0. The fourth-order valence-corrected chi connectivity index (χ4v) is 3.60. The molecule has 0 saturated heterocycles. The van der Waals surface area contributed by atoms with Crippen LogP contribution in [0.5, 0.6) is 0 Å². The second kappa shape index (κ2) is 6.84. The molecular formula is C18H12F2N4O2S. The molecule has 27 heavy (non-hydrogen) atoms. The molecule has 0 bridgehead atoms. The maximum atomic E-state index is 13.7. The third kappa shape index (κ3) is 3.54. The van der Waals surface area contributed by atoms with Gasteiger partial charge in [0.05, 0.1) is 15.6 Å². The van der Waals surface area contributed by atoms with Gasteiger partial charge in [0.15, 0.2) is 10.9 Å². The number of carbonyl (C=O) groups is 1. The number of thiazole rings is 1. The Morgan fingerprint density at radius 2 is 2.00 bits per heavy atom. The molecule has 2 aromatic heterocycles. The van der Waals surface area contributed by atoms with Crippen molar-refractivity contribution in [2.24, 2.45) is 0 Å². The van der Waals surface area contributed by atoms with Crippen molar-refractivity contribution in [1.29, 1.82) is 0 Å². The first-order valence-corrected chi connectivity index (χ1v) is 8.84. The summed E-state index contributed by atoms with van der Waals surface area (Å²) in [5.74, 6) is -1.45. The van der Waals surface area contributed by atoms with Crippen LogP contribution in [0.25, 0.3) is 21.1 Å². The van der Waals surface area contributed by atoms with Crippen molar-refractivity contribution in [2.75, 3.05) is 5.32 Å². The fourth-order valence-electron chi connectivity index (χ4n) is 2.68. The van der Waals surface area contributed by atoms with Crippen molar-refractivity contribution in [3.05, 3.63) is 64.2 Å². The van der Waals surface area contributed by atoms with Gasteiger partial charge in [-0.05, 0) is 18.2 Å². The van der Waals surface area contributed by atoms with E-state index in [9.17, 15) is 18.4 Å². The van der Waals surface area contributed by atoms with Crippen LogP contribution in [0.15, 0.2) is 41.2 Å². The van der Waals surface area contributed by atoms with Gasteiger partial charge in [0.25, 0.3) is 5.56 Å². The Morgan fingerprint density at radius 3 is 2.85 bits per heavy atom. The number of halogens is 2. The third-order valence-electron chi connectivity index (χ3n) is 3.91. The number of hydrogen-bond donors (Lipinski definition) is 2. The maximum absolute atomic E-state index is 13.7. The highest BCUT2D eigenvalue weighted by Gasteiger charge is 2.13. The predicted octanol–water partition coefficient (Wildman–Crippen LogP) is 3.38. The average molecular weight is 386 g/mol.